The minimum atomic E-state index is -0.250. The Kier molecular flexibility index (Phi) is 7.31. The van der Waals surface area contributed by atoms with Gasteiger partial charge in [0, 0.05) is 16.9 Å². The molecule has 0 aromatic heterocycles. The van der Waals surface area contributed by atoms with Gasteiger partial charge in [-0.15, -0.1) is 0 Å². The average Bonchev–Trinajstić information content (AvgIpc) is 2.79. The van der Waals surface area contributed by atoms with E-state index in [0.29, 0.717) is 22.7 Å². The van der Waals surface area contributed by atoms with Gasteiger partial charge in [-0.3, -0.25) is 9.59 Å². The second kappa shape index (κ2) is 10.1. The highest BCUT2D eigenvalue weighted by Crippen LogP contribution is 2.28. The van der Waals surface area contributed by atoms with E-state index in [0.717, 1.165) is 12.0 Å². The Hall–Kier alpha value is -3.60. The lowest BCUT2D eigenvalue weighted by molar-refractivity contribution is -0.118. The van der Waals surface area contributed by atoms with Crippen molar-refractivity contribution in [2.45, 2.75) is 39.5 Å². The van der Waals surface area contributed by atoms with E-state index < -0.39 is 0 Å². The molecule has 0 aliphatic rings. The number of rotatable bonds is 8. The Labute approximate surface area is 189 Å². The van der Waals surface area contributed by atoms with E-state index in [1.54, 1.807) is 30.3 Å². The van der Waals surface area contributed by atoms with Gasteiger partial charge in [0.2, 0.25) is 0 Å². The standard InChI is InChI=1S/C27H30N2O3/c1-5-27(3,4)20-10-16-23(17-11-20)32-18-25(30)28-21-12-14-22(15-13-21)29-26(31)24-9-7-6-8-19(24)2/h6-17H,5,18H2,1-4H3,(H,28,30)(H,29,31). The Morgan fingerprint density at radius 3 is 2.03 bits per heavy atom. The summed E-state index contributed by atoms with van der Waals surface area (Å²) in [5.74, 6) is 0.242. The lowest BCUT2D eigenvalue weighted by atomic mass is 9.82. The highest BCUT2D eigenvalue weighted by Gasteiger charge is 2.17. The van der Waals surface area contributed by atoms with Crippen LogP contribution < -0.4 is 15.4 Å². The predicted molar refractivity (Wildman–Crippen MR) is 129 cm³/mol. The maximum Gasteiger partial charge on any atom is 0.262 e. The van der Waals surface area contributed by atoms with E-state index in [9.17, 15) is 9.59 Å². The molecule has 5 nitrogen and oxygen atoms in total. The molecule has 0 unspecified atom stereocenters. The molecule has 0 saturated carbocycles. The molecule has 0 atom stereocenters. The summed E-state index contributed by atoms with van der Waals surface area (Å²) in [6.07, 6.45) is 1.05. The Morgan fingerprint density at radius 2 is 1.44 bits per heavy atom. The van der Waals surface area contributed by atoms with E-state index in [1.165, 1.54) is 5.56 Å². The molecule has 0 saturated heterocycles. The first-order chi connectivity index (χ1) is 15.3. The summed E-state index contributed by atoms with van der Waals surface area (Å²) in [6.45, 7) is 8.39. The minimum absolute atomic E-state index is 0.0811. The summed E-state index contributed by atoms with van der Waals surface area (Å²) in [5, 5.41) is 5.67. The fraction of sp³-hybridized carbons (Fsp3) is 0.259. The van der Waals surface area contributed by atoms with Crippen molar-refractivity contribution in [2.75, 3.05) is 17.2 Å². The van der Waals surface area contributed by atoms with Gasteiger partial charge in [0.15, 0.2) is 6.61 Å². The van der Waals surface area contributed by atoms with E-state index in [2.05, 4.69) is 31.4 Å². The summed E-state index contributed by atoms with van der Waals surface area (Å²) in [4.78, 5) is 24.7. The average molecular weight is 431 g/mol. The van der Waals surface area contributed by atoms with Crippen molar-refractivity contribution in [1.82, 2.24) is 0 Å². The molecule has 0 aliphatic heterocycles. The smallest absolute Gasteiger partial charge is 0.262 e. The fourth-order valence-corrected chi connectivity index (χ4v) is 3.22. The van der Waals surface area contributed by atoms with Crippen LogP contribution in [-0.2, 0) is 10.2 Å². The molecule has 0 fully saturated rings. The molecule has 3 aromatic rings. The molecule has 0 bridgehead atoms. The van der Waals surface area contributed by atoms with Crippen LogP contribution in [0.15, 0.2) is 72.8 Å². The molecule has 0 heterocycles. The van der Waals surface area contributed by atoms with E-state index in [-0.39, 0.29) is 23.8 Å². The van der Waals surface area contributed by atoms with E-state index >= 15 is 0 Å². The third kappa shape index (κ3) is 5.97. The van der Waals surface area contributed by atoms with Crippen LogP contribution in [0.1, 0.15) is 48.7 Å². The number of carbonyl (C=O) groups is 2. The SMILES string of the molecule is CCC(C)(C)c1ccc(OCC(=O)Nc2ccc(NC(=O)c3ccccc3C)cc2)cc1. The van der Waals surface area contributed by atoms with Gasteiger partial charge in [-0.1, -0.05) is 51.1 Å². The molecule has 3 rings (SSSR count). The zero-order valence-electron chi connectivity index (χ0n) is 19.1. The highest BCUT2D eigenvalue weighted by molar-refractivity contribution is 6.05. The van der Waals surface area contributed by atoms with Crippen LogP contribution in [0.5, 0.6) is 5.75 Å². The Morgan fingerprint density at radius 1 is 0.844 bits per heavy atom. The quantitative estimate of drug-likeness (QED) is 0.464. The van der Waals surface area contributed by atoms with Gasteiger partial charge < -0.3 is 15.4 Å². The third-order valence-corrected chi connectivity index (χ3v) is 5.71. The highest BCUT2D eigenvalue weighted by atomic mass is 16.5. The van der Waals surface area contributed by atoms with E-state index in [4.69, 9.17) is 4.74 Å². The second-order valence-electron chi connectivity index (χ2n) is 8.45. The molecule has 0 aliphatic carbocycles. The zero-order chi connectivity index (χ0) is 23.1. The number of benzene rings is 3. The van der Waals surface area contributed by atoms with Crippen molar-refractivity contribution < 1.29 is 14.3 Å². The van der Waals surface area contributed by atoms with Gasteiger partial charge in [0.05, 0.1) is 0 Å². The fourth-order valence-electron chi connectivity index (χ4n) is 3.22. The topological polar surface area (TPSA) is 67.4 Å². The number of hydrogen-bond acceptors (Lipinski definition) is 3. The maximum atomic E-state index is 12.4. The zero-order valence-corrected chi connectivity index (χ0v) is 19.1. The molecule has 32 heavy (non-hydrogen) atoms. The van der Waals surface area contributed by atoms with Gasteiger partial charge in [-0.25, -0.2) is 0 Å². The van der Waals surface area contributed by atoms with Crippen molar-refractivity contribution in [3.63, 3.8) is 0 Å². The first kappa shape index (κ1) is 23.1. The van der Waals surface area contributed by atoms with Crippen molar-refractivity contribution in [3.8, 4) is 5.75 Å². The van der Waals surface area contributed by atoms with Crippen molar-refractivity contribution >= 4 is 23.2 Å². The summed E-state index contributed by atoms with van der Waals surface area (Å²) < 4.78 is 5.61. The van der Waals surface area contributed by atoms with Crippen LogP contribution in [0.4, 0.5) is 11.4 Å². The van der Waals surface area contributed by atoms with E-state index in [1.807, 2.05) is 49.4 Å². The summed E-state index contributed by atoms with van der Waals surface area (Å²) in [7, 11) is 0. The number of ether oxygens (including phenoxy) is 1. The molecule has 166 valence electrons. The van der Waals surface area contributed by atoms with Crippen LogP contribution in [0.2, 0.25) is 0 Å². The first-order valence-electron chi connectivity index (χ1n) is 10.8. The summed E-state index contributed by atoms with van der Waals surface area (Å²) in [6, 6.07) is 22.3. The van der Waals surface area contributed by atoms with Crippen molar-refractivity contribution in [3.05, 3.63) is 89.5 Å². The molecular weight excluding hydrogens is 400 g/mol. The maximum absolute atomic E-state index is 12.4. The molecule has 0 radical (unpaired) electrons. The minimum Gasteiger partial charge on any atom is -0.484 e. The lowest BCUT2D eigenvalue weighted by Crippen LogP contribution is -2.20. The monoisotopic (exact) mass is 430 g/mol. The first-order valence-corrected chi connectivity index (χ1v) is 10.8. The molecule has 3 aromatic carbocycles. The van der Waals surface area contributed by atoms with Crippen LogP contribution in [-0.4, -0.2) is 18.4 Å². The number of carbonyl (C=O) groups excluding carboxylic acids is 2. The van der Waals surface area contributed by atoms with Gasteiger partial charge in [0.25, 0.3) is 11.8 Å². The number of hydrogen-bond donors (Lipinski definition) is 2. The molecule has 5 heteroatoms. The van der Waals surface area contributed by atoms with Gasteiger partial charge in [-0.2, -0.15) is 0 Å². The normalized spacial score (nSPS) is 11.0. The molecule has 2 amide bonds. The summed E-state index contributed by atoms with van der Waals surface area (Å²) in [5.41, 5.74) is 4.19. The van der Waals surface area contributed by atoms with Gasteiger partial charge in [-0.05, 0) is 72.4 Å². The Bertz CT molecular complexity index is 1070. The number of anilines is 2. The van der Waals surface area contributed by atoms with Gasteiger partial charge >= 0.3 is 0 Å². The van der Waals surface area contributed by atoms with Crippen LogP contribution in [0.25, 0.3) is 0 Å². The number of nitrogens with one attached hydrogen (secondary N) is 2. The van der Waals surface area contributed by atoms with Crippen LogP contribution >= 0.6 is 0 Å². The summed E-state index contributed by atoms with van der Waals surface area (Å²) >= 11 is 0. The Balaban J connectivity index is 1.50. The lowest BCUT2D eigenvalue weighted by Gasteiger charge is -2.23. The number of amides is 2. The van der Waals surface area contributed by atoms with Crippen molar-refractivity contribution in [2.24, 2.45) is 0 Å². The molecule has 0 spiro atoms. The second-order valence-corrected chi connectivity index (χ2v) is 8.45. The van der Waals surface area contributed by atoms with Gasteiger partial charge in [0.1, 0.15) is 5.75 Å². The third-order valence-electron chi connectivity index (χ3n) is 5.71. The van der Waals surface area contributed by atoms with Crippen LogP contribution in [0.3, 0.4) is 0 Å². The largest absolute Gasteiger partial charge is 0.484 e. The predicted octanol–water partition coefficient (Wildman–Crippen LogP) is 5.95. The molecular formula is C27H30N2O3. The van der Waals surface area contributed by atoms with Crippen LogP contribution in [0, 0.1) is 6.92 Å². The van der Waals surface area contributed by atoms with Crippen molar-refractivity contribution in [1.29, 1.82) is 0 Å². The molecule has 2 N–H and O–H groups in total. The number of aryl methyl sites for hydroxylation is 1.